The van der Waals surface area contributed by atoms with Crippen LogP contribution in [0.5, 0.6) is 17.2 Å². The molecule has 0 amide bonds. The number of rotatable bonds is 6. The van der Waals surface area contributed by atoms with Crippen molar-refractivity contribution >= 4 is 24.4 Å². The third-order valence-corrected chi connectivity index (χ3v) is 7.93. The van der Waals surface area contributed by atoms with Crippen molar-refractivity contribution in [3.8, 4) is 17.2 Å². The van der Waals surface area contributed by atoms with Crippen molar-refractivity contribution in [2.75, 3.05) is 7.11 Å². The van der Waals surface area contributed by atoms with Crippen LogP contribution in [-0.4, -0.2) is 15.9 Å². The van der Waals surface area contributed by atoms with E-state index in [1.165, 1.54) is 15.6 Å². The van der Waals surface area contributed by atoms with Crippen LogP contribution >= 0.6 is 0 Å². The van der Waals surface area contributed by atoms with E-state index in [1.807, 2.05) is 42.5 Å². The average Bonchev–Trinajstić information content (AvgIpc) is 2.77. The van der Waals surface area contributed by atoms with Crippen molar-refractivity contribution < 1.29 is 9.47 Å². The van der Waals surface area contributed by atoms with Gasteiger partial charge in [0.1, 0.15) is 26.0 Å². The molecule has 4 rings (SSSR count). The third kappa shape index (κ3) is 4.16. The van der Waals surface area contributed by atoms with E-state index < -0.39 is 8.80 Å². The molecule has 1 unspecified atom stereocenters. The number of benzene rings is 4. The Bertz CT molecular complexity index is 998. The van der Waals surface area contributed by atoms with Gasteiger partial charge in [0.15, 0.2) is 0 Å². The van der Waals surface area contributed by atoms with Crippen LogP contribution in [0.2, 0.25) is 0 Å². The Kier molecular flexibility index (Phi) is 5.55. The highest BCUT2D eigenvalue weighted by atomic mass is 28.3. The fraction of sp³-hybridized carbons (Fsp3) is 0.0400. The molecule has 3 heteroatoms. The van der Waals surface area contributed by atoms with Crippen molar-refractivity contribution in [2.45, 2.75) is 0 Å². The Hall–Kier alpha value is -3.30. The first-order valence-electron chi connectivity index (χ1n) is 9.35. The average molecular weight is 383 g/mol. The summed E-state index contributed by atoms with van der Waals surface area (Å²) in [5.74, 6) is 2.59. The molecule has 0 spiro atoms. The van der Waals surface area contributed by atoms with E-state index in [2.05, 4.69) is 66.7 Å². The molecule has 1 atom stereocenters. The molecule has 4 aromatic carbocycles. The fourth-order valence-electron chi connectivity index (χ4n) is 3.37. The maximum Gasteiger partial charge on any atom is 0.132 e. The second-order valence-electron chi connectivity index (χ2n) is 6.60. The summed E-state index contributed by atoms with van der Waals surface area (Å²) in [6, 6.07) is 37.6. The monoisotopic (exact) mass is 382 g/mol. The minimum absolute atomic E-state index is 0.849. The van der Waals surface area contributed by atoms with Gasteiger partial charge in [0, 0.05) is 0 Å². The first-order valence-corrected chi connectivity index (χ1v) is 11.1. The standard InChI is InChI=1S/C25H22O2Si/c1-26-20-12-16-24(17-13-20)28(23-10-6-3-7-11-23)25-18-14-22(15-19-25)27-21-8-4-2-5-9-21/h2-19,28H,1H3. The van der Waals surface area contributed by atoms with Gasteiger partial charge >= 0.3 is 0 Å². The lowest BCUT2D eigenvalue weighted by Crippen LogP contribution is -2.51. The van der Waals surface area contributed by atoms with Crippen LogP contribution in [0.4, 0.5) is 0 Å². The third-order valence-electron chi connectivity index (χ3n) is 4.77. The zero-order valence-electron chi connectivity index (χ0n) is 15.8. The van der Waals surface area contributed by atoms with Crippen LogP contribution in [-0.2, 0) is 0 Å². The van der Waals surface area contributed by atoms with Crippen LogP contribution < -0.4 is 25.0 Å². The summed E-state index contributed by atoms with van der Waals surface area (Å²) in [5.41, 5.74) is 0. The van der Waals surface area contributed by atoms with Crippen LogP contribution in [0.15, 0.2) is 109 Å². The van der Waals surface area contributed by atoms with Crippen molar-refractivity contribution in [3.05, 3.63) is 109 Å². The molecule has 138 valence electrons. The van der Waals surface area contributed by atoms with Crippen molar-refractivity contribution in [1.29, 1.82) is 0 Å². The maximum atomic E-state index is 5.95. The van der Waals surface area contributed by atoms with Crippen molar-refractivity contribution in [1.82, 2.24) is 0 Å². The lowest BCUT2D eigenvalue weighted by atomic mass is 10.3. The molecule has 0 aromatic heterocycles. The molecule has 0 fully saturated rings. The lowest BCUT2D eigenvalue weighted by Gasteiger charge is -2.18. The molecular formula is C25H22O2Si. The Morgan fingerprint density at radius 2 is 0.893 bits per heavy atom. The van der Waals surface area contributed by atoms with Gasteiger partial charge in [-0.05, 0) is 36.4 Å². The zero-order valence-corrected chi connectivity index (χ0v) is 16.9. The van der Waals surface area contributed by atoms with Crippen LogP contribution in [0.1, 0.15) is 0 Å². The van der Waals surface area contributed by atoms with Gasteiger partial charge in [0.25, 0.3) is 0 Å². The fourth-order valence-corrected chi connectivity index (χ4v) is 6.29. The minimum atomic E-state index is -1.56. The Labute approximate surface area is 167 Å². The van der Waals surface area contributed by atoms with E-state index in [0.29, 0.717) is 0 Å². The molecule has 0 bridgehead atoms. The van der Waals surface area contributed by atoms with Gasteiger partial charge in [0.05, 0.1) is 7.11 Å². The number of para-hydroxylation sites is 1. The molecule has 2 nitrogen and oxygen atoms in total. The van der Waals surface area contributed by atoms with Gasteiger partial charge in [-0.1, -0.05) is 88.4 Å². The molecule has 0 aliphatic rings. The molecule has 0 radical (unpaired) electrons. The van der Waals surface area contributed by atoms with Crippen LogP contribution in [0.3, 0.4) is 0 Å². The predicted molar refractivity (Wildman–Crippen MR) is 118 cm³/mol. The quantitative estimate of drug-likeness (QED) is 0.374. The largest absolute Gasteiger partial charge is 0.497 e. The Balaban J connectivity index is 1.66. The molecule has 0 N–H and O–H groups in total. The molecule has 0 saturated heterocycles. The number of ether oxygens (including phenoxy) is 2. The van der Waals surface area contributed by atoms with Gasteiger partial charge < -0.3 is 9.47 Å². The predicted octanol–water partition coefficient (Wildman–Crippen LogP) is 3.74. The highest BCUT2D eigenvalue weighted by Crippen LogP contribution is 2.19. The summed E-state index contributed by atoms with van der Waals surface area (Å²) in [4.78, 5) is 0. The lowest BCUT2D eigenvalue weighted by molar-refractivity contribution is 0.415. The van der Waals surface area contributed by atoms with Gasteiger partial charge in [0.2, 0.25) is 0 Å². The maximum absolute atomic E-state index is 5.95. The molecule has 4 aromatic rings. The highest BCUT2D eigenvalue weighted by molar-refractivity contribution is 6.95. The minimum Gasteiger partial charge on any atom is -0.497 e. The first kappa shape index (κ1) is 18.1. The van der Waals surface area contributed by atoms with Gasteiger partial charge in [-0.3, -0.25) is 0 Å². The second kappa shape index (κ2) is 8.59. The van der Waals surface area contributed by atoms with Crippen LogP contribution in [0.25, 0.3) is 0 Å². The van der Waals surface area contributed by atoms with E-state index in [0.717, 1.165) is 17.2 Å². The summed E-state index contributed by atoms with van der Waals surface area (Å²) >= 11 is 0. The van der Waals surface area contributed by atoms with E-state index in [-0.39, 0.29) is 0 Å². The molecule has 0 aliphatic heterocycles. The molecular weight excluding hydrogens is 360 g/mol. The summed E-state index contributed by atoms with van der Waals surface area (Å²) in [6.07, 6.45) is 0. The molecule has 0 heterocycles. The molecule has 28 heavy (non-hydrogen) atoms. The summed E-state index contributed by atoms with van der Waals surface area (Å²) in [5, 5.41) is 4.12. The normalized spacial score (nSPS) is 11.6. The Morgan fingerprint density at radius 3 is 1.43 bits per heavy atom. The van der Waals surface area contributed by atoms with E-state index >= 15 is 0 Å². The summed E-state index contributed by atoms with van der Waals surface area (Å²) in [7, 11) is 0.144. The van der Waals surface area contributed by atoms with E-state index in [4.69, 9.17) is 9.47 Å². The Morgan fingerprint density at radius 1 is 0.464 bits per heavy atom. The SMILES string of the molecule is COc1ccc([SiH](c2ccccc2)c2ccc(Oc3ccccc3)cc2)cc1. The van der Waals surface area contributed by atoms with E-state index in [9.17, 15) is 0 Å². The van der Waals surface area contributed by atoms with Crippen molar-refractivity contribution in [3.63, 3.8) is 0 Å². The van der Waals surface area contributed by atoms with Crippen molar-refractivity contribution in [2.24, 2.45) is 0 Å². The topological polar surface area (TPSA) is 18.5 Å². The van der Waals surface area contributed by atoms with E-state index in [1.54, 1.807) is 7.11 Å². The van der Waals surface area contributed by atoms with Crippen LogP contribution in [0, 0.1) is 0 Å². The number of hydrogen-bond acceptors (Lipinski definition) is 2. The molecule has 0 saturated carbocycles. The summed E-state index contributed by atoms with van der Waals surface area (Å²) < 4.78 is 11.3. The number of hydrogen-bond donors (Lipinski definition) is 0. The van der Waals surface area contributed by atoms with Gasteiger partial charge in [-0.25, -0.2) is 0 Å². The second-order valence-corrected chi connectivity index (χ2v) is 9.47. The van der Waals surface area contributed by atoms with Gasteiger partial charge in [-0.2, -0.15) is 0 Å². The number of methoxy groups -OCH3 is 1. The zero-order chi connectivity index (χ0) is 19.2. The first-order chi connectivity index (χ1) is 13.8. The highest BCUT2D eigenvalue weighted by Gasteiger charge is 2.19. The van der Waals surface area contributed by atoms with Gasteiger partial charge in [-0.15, -0.1) is 0 Å². The summed E-state index contributed by atoms with van der Waals surface area (Å²) in [6.45, 7) is 0. The molecule has 0 aliphatic carbocycles. The smallest absolute Gasteiger partial charge is 0.132 e.